The Morgan fingerprint density at radius 1 is 0.903 bits per heavy atom. The van der Waals surface area contributed by atoms with Crippen LogP contribution in [-0.2, 0) is 40.0 Å². The second kappa shape index (κ2) is 6.61. The van der Waals surface area contributed by atoms with E-state index in [0.717, 1.165) is 22.3 Å². The molecule has 0 aromatic heterocycles. The predicted octanol–water partition coefficient (Wildman–Crippen LogP) is 2.39. The number of rotatable bonds is 3. The summed E-state index contributed by atoms with van der Waals surface area (Å²) in [7, 11) is 0. The fraction of sp³-hybridized carbons (Fsp3) is 0.360. The highest BCUT2D eigenvalue weighted by Crippen LogP contribution is 2.48. The molecule has 0 atom stereocenters. The van der Waals surface area contributed by atoms with Crippen LogP contribution >= 0.6 is 0 Å². The van der Waals surface area contributed by atoms with Crippen molar-refractivity contribution in [1.29, 1.82) is 0 Å². The minimum absolute atomic E-state index is 0.0939. The number of fused-ring (bicyclic) bond motifs is 3. The molecule has 1 spiro atoms. The van der Waals surface area contributed by atoms with Gasteiger partial charge in [-0.2, -0.15) is 0 Å². The molecule has 3 aliphatic carbocycles. The van der Waals surface area contributed by atoms with E-state index in [-0.39, 0.29) is 24.1 Å². The number of Topliss-reactive ketones (excluding diaryl/α,β-unsaturated/α-hetero) is 2. The lowest BCUT2D eigenvalue weighted by Crippen LogP contribution is -2.55. The smallest absolute Gasteiger partial charge is 0.332 e. The molecular weight excluding hydrogens is 394 g/mol. The van der Waals surface area contributed by atoms with Crippen LogP contribution in [0.15, 0.2) is 36.4 Å². The SMILES string of the molecule is CCOC(=O)C1(NC(C)=O)Cc2cc3c(cc2C1)CC1(C3)C(=O)c2ccccc2C1=O. The molecule has 0 heterocycles. The molecule has 2 aromatic rings. The zero-order valence-corrected chi connectivity index (χ0v) is 17.5. The fourth-order valence-corrected chi connectivity index (χ4v) is 5.58. The third kappa shape index (κ3) is 2.70. The number of nitrogens with one attached hydrogen (secondary N) is 1. The van der Waals surface area contributed by atoms with Crippen LogP contribution in [0.4, 0.5) is 0 Å². The van der Waals surface area contributed by atoms with Crippen molar-refractivity contribution in [3.63, 3.8) is 0 Å². The van der Waals surface area contributed by atoms with Gasteiger partial charge in [0.15, 0.2) is 11.6 Å². The van der Waals surface area contributed by atoms with Gasteiger partial charge in [-0.05, 0) is 42.0 Å². The molecule has 0 saturated carbocycles. The van der Waals surface area contributed by atoms with Gasteiger partial charge in [0.1, 0.15) is 11.0 Å². The van der Waals surface area contributed by atoms with Gasteiger partial charge in [0.25, 0.3) is 0 Å². The van der Waals surface area contributed by atoms with Gasteiger partial charge in [0.05, 0.1) is 6.61 Å². The van der Waals surface area contributed by atoms with E-state index >= 15 is 0 Å². The van der Waals surface area contributed by atoms with Crippen molar-refractivity contribution in [2.75, 3.05) is 6.61 Å². The summed E-state index contributed by atoms with van der Waals surface area (Å²) in [5.41, 5.74) is 2.72. The van der Waals surface area contributed by atoms with Crippen LogP contribution in [0.2, 0.25) is 0 Å². The van der Waals surface area contributed by atoms with E-state index in [1.165, 1.54) is 6.92 Å². The number of hydrogen-bond acceptors (Lipinski definition) is 5. The lowest BCUT2D eigenvalue weighted by Gasteiger charge is -2.27. The van der Waals surface area contributed by atoms with Crippen molar-refractivity contribution >= 4 is 23.4 Å². The standard InChI is InChI=1S/C25H23NO5/c1-3-31-23(30)25(26-14(2)27)12-17-8-15-10-24(11-16(15)9-18(17)13-25)21(28)19-6-4-5-7-20(19)22(24)29/h4-9H,3,10-13H2,1-2H3,(H,26,27). The summed E-state index contributed by atoms with van der Waals surface area (Å²) in [6.45, 7) is 3.37. The van der Waals surface area contributed by atoms with Crippen molar-refractivity contribution in [2.24, 2.45) is 5.41 Å². The van der Waals surface area contributed by atoms with E-state index in [1.54, 1.807) is 31.2 Å². The van der Waals surface area contributed by atoms with Crippen LogP contribution in [0.5, 0.6) is 0 Å². The lowest BCUT2D eigenvalue weighted by molar-refractivity contribution is -0.152. The molecule has 0 aliphatic heterocycles. The first-order valence-electron chi connectivity index (χ1n) is 10.6. The van der Waals surface area contributed by atoms with Crippen molar-refractivity contribution < 1.29 is 23.9 Å². The van der Waals surface area contributed by atoms with Crippen molar-refractivity contribution in [2.45, 2.75) is 45.1 Å². The monoisotopic (exact) mass is 417 g/mol. The summed E-state index contributed by atoms with van der Waals surface area (Å²) in [6.07, 6.45) is 1.41. The summed E-state index contributed by atoms with van der Waals surface area (Å²) in [5.74, 6) is -0.908. The molecule has 0 unspecified atom stereocenters. The van der Waals surface area contributed by atoms with Gasteiger partial charge in [-0.3, -0.25) is 14.4 Å². The third-order valence-electron chi connectivity index (χ3n) is 6.86. The Morgan fingerprint density at radius 2 is 1.39 bits per heavy atom. The van der Waals surface area contributed by atoms with Gasteiger partial charge < -0.3 is 10.1 Å². The number of benzene rings is 2. The van der Waals surface area contributed by atoms with Gasteiger partial charge in [-0.15, -0.1) is 0 Å². The highest BCUT2D eigenvalue weighted by molar-refractivity contribution is 6.30. The first kappa shape index (κ1) is 19.7. The van der Waals surface area contributed by atoms with Crippen molar-refractivity contribution in [1.82, 2.24) is 5.32 Å². The van der Waals surface area contributed by atoms with Gasteiger partial charge in [0, 0.05) is 30.9 Å². The number of carbonyl (C=O) groups is 4. The molecule has 1 amide bonds. The molecule has 3 aliphatic rings. The zero-order valence-electron chi connectivity index (χ0n) is 17.5. The quantitative estimate of drug-likeness (QED) is 0.612. The van der Waals surface area contributed by atoms with E-state index in [9.17, 15) is 19.2 Å². The predicted molar refractivity (Wildman–Crippen MR) is 112 cm³/mol. The Labute approximate surface area is 180 Å². The van der Waals surface area contributed by atoms with Gasteiger partial charge in [0.2, 0.25) is 5.91 Å². The summed E-state index contributed by atoms with van der Waals surface area (Å²) in [4.78, 5) is 51.0. The van der Waals surface area contributed by atoms with E-state index in [2.05, 4.69) is 5.32 Å². The van der Waals surface area contributed by atoms with Crippen molar-refractivity contribution in [3.8, 4) is 0 Å². The summed E-state index contributed by atoms with van der Waals surface area (Å²) in [6, 6.07) is 11.0. The Bertz CT molecular complexity index is 1110. The average molecular weight is 417 g/mol. The number of hydrogen-bond donors (Lipinski definition) is 1. The van der Waals surface area contributed by atoms with Crippen LogP contribution in [0.25, 0.3) is 0 Å². The van der Waals surface area contributed by atoms with Crippen LogP contribution in [-0.4, -0.2) is 35.6 Å². The Kier molecular flexibility index (Phi) is 4.19. The van der Waals surface area contributed by atoms with Gasteiger partial charge in [-0.1, -0.05) is 36.4 Å². The van der Waals surface area contributed by atoms with E-state index in [4.69, 9.17) is 4.74 Å². The second-order valence-corrected chi connectivity index (χ2v) is 8.87. The molecule has 0 bridgehead atoms. The summed E-state index contributed by atoms with van der Waals surface area (Å²) < 4.78 is 5.26. The first-order chi connectivity index (χ1) is 14.8. The Hall–Kier alpha value is -3.28. The molecule has 31 heavy (non-hydrogen) atoms. The molecular formula is C25H23NO5. The number of amides is 1. The molecule has 1 N–H and O–H groups in total. The molecule has 6 nitrogen and oxygen atoms in total. The second-order valence-electron chi connectivity index (χ2n) is 8.87. The molecule has 0 fully saturated rings. The highest BCUT2D eigenvalue weighted by Gasteiger charge is 2.56. The average Bonchev–Trinajstić information content (AvgIpc) is 3.34. The van der Waals surface area contributed by atoms with Gasteiger partial charge in [-0.25, -0.2) is 4.79 Å². The topological polar surface area (TPSA) is 89.5 Å². The van der Waals surface area contributed by atoms with E-state index in [0.29, 0.717) is 36.8 Å². The summed E-state index contributed by atoms with van der Waals surface area (Å²) in [5, 5.41) is 2.81. The molecule has 2 aromatic carbocycles. The van der Waals surface area contributed by atoms with Crippen molar-refractivity contribution in [3.05, 3.63) is 69.8 Å². The van der Waals surface area contributed by atoms with Crippen LogP contribution in [0.1, 0.15) is 56.8 Å². The fourth-order valence-electron chi connectivity index (χ4n) is 5.58. The first-order valence-corrected chi connectivity index (χ1v) is 10.6. The number of carbonyl (C=O) groups excluding carboxylic acids is 4. The minimum Gasteiger partial charge on any atom is -0.464 e. The van der Waals surface area contributed by atoms with Crippen LogP contribution < -0.4 is 5.32 Å². The Morgan fingerprint density at radius 3 is 1.84 bits per heavy atom. The third-order valence-corrected chi connectivity index (χ3v) is 6.86. The van der Waals surface area contributed by atoms with E-state index in [1.807, 2.05) is 12.1 Å². The maximum atomic E-state index is 13.2. The Balaban J connectivity index is 1.49. The zero-order chi connectivity index (χ0) is 22.0. The molecule has 0 radical (unpaired) electrons. The molecule has 158 valence electrons. The highest BCUT2D eigenvalue weighted by atomic mass is 16.5. The minimum atomic E-state index is -1.10. The van der Waals surface area contributed by atoms with Gasteiger partial charge >= 0.3 is 5.97 Å². The maximum Gasteiger partial charge on any atom is 0.332 e. The normalized spacial score (nSPS) is 19.2. The number of esters is 1. The number of ketones is 2. The molecule has 5 rings (SSSR count). The van der Waals surface area contributed by atoms with Crippen LogP contribution in [0.3, 0.4) is 0 Å². The van der Waals surface area contributed by atoms with Crippen LogP contribution in [0, 0.1) is 5.41 Å². The lowest BCUT2D eigenvalue weighted by atomic mass is 9.80. The molecule has 0 saturated heterocycles. The largest absolute Gasteiger partial charge is 0.464 e. The summed E-state index contributed by atoms with van der Waals surface area (Å²) >= 11 is 0. The van der Waals surface area contributed by atoms with E-state index < -0.39 is 16.9 Å². The molecule has 6 heteroatoms. The maximum absolute atomic E-state index is 13.2. The number of ether oxygens (including phenoxy) is 1.